The lowest BCUT2D eigenvalue weighted by molar-refractivity contribution is -0.141. The van der Waals surface area contributed by atoms with E-state index >= 15 is 0 Å². The fourth-order valence-corrected chi connectivity index (χ4v) is 3.16. The molecule has 5 nitrogen and oxygen atoms in total. The van der Waals surface area contributed by atoms with Crippen molar-refractivity contribution in [2.75, 3.05) is 13.1 Å². The van der Waals surface area contributed by atoms with Crippen molar-refractivity contribution >= 4 is 12.0 Å². The zero-order valence-electron chi connectivity index (χ0n) is 12.1. The van der Waals surface area contributed by atoms with Crippen molar-refractivity contribution in [3.63, 3.8) is 0 Å². The fourth-order valence-electron chi connectivity index (χ4n) is 3.16. The lowest BCUT2D eigenvalue weighted by Gasteiger charge is -2.32. The van der Waals surface area contributed by atoms with Crippen molar-refractivity contribution in [2.24, 2.45) is 5.92 Å². The van der Waals surface area contributed by atoms with E-state index in [1.807, 2.05) is 6.92 Å². The Hall–Kier alpha value is -1.52. The van der Waals surface area contributed by atoms with Crippen molar-refractivity contribution in [1.29, 1.82) is 0 Å². The molecule has 0 radical (unpaired) electrons. The van der Waals surface area contributed by atoms with E-state index < -0.39 is 12.0 Å². The molecule has 0 aromatic carbocycles. The van der Waals surface area contributed by atoms with E-state index in [-0.39, 0.29) is 11.9 Å². The molecule has 0 aromatic heterocycles. The van der Waals surface area contributed by atoms with Gasteiger partial charge < -0.3 is 15.3 Å². The minimum absolute atomic E-state index is 0.0756. The van der Waals surface area contributed by atoms with Crippen LogP contribution in [0.3, 0.4) is 0 Å². The van der Waals surface area contributed by atoms with Crippen LogP contribution in [0, 0.1) is 5.92 Å². The summed E-state index contributed by atoms with van der Waals surface area (Å²) in [5.74, 6) is -0.832. The van der Waals surface area contributed by atoms with Gasteiger partial charge in [0, 0.05) is 13.1 Å². The Bertz CT molecular complexity index is 400. The smallest absolute Gasteiger partial charge is 0.326 e. The number of hydrogen-bond acceptors (Lipinski definition) is 2. The molecule has 1 heterocycles. The van der Waals surface area contributed by atoms with Crippen molar-refractivity contribution in [3.8, 4) is 0 Å². The van der Waals surface area contributed by atoms with E-state index in [4.69, 9.17) is 0 Å². The summed E-state index contributed by atoms with van der Waals surface area (Å²) in [7, 11) is 0. The molecule has 1 aliphatic heterocycles. The van der Waals surface area contributed by atoms with Crippen LogP contribution < -0.4 is 5.32 Å². The first-order chi connectivity index (χ1) is 9.58. The van der Waals surface area contributed by atoms with E-state index in [1.54, 1.807) is 4.90 Å². The minimum atomic E-state index is -0.908. The molecule has 1 saturated carbocycles. The van der Waals surface area contributed by atoms with E-state index in [0.29, 0.717) is 13.1 Å². The van der Waals surface area contributed by atoms with E-state index in [9.17, 15) is 14.7 Å². The molecule has 2 N–H and O–H groups in total. The molecule has 112 valence electrons. The predicted molar refractivity (Wildman–Crippen MR) is 76.5 cm³/mol. The van der Waals surface area contributed by atoms with Crippen LogP contribution in [0.4, 0.5) is 4.79 Å². The van der Waals surface area contributed by atoms with Crippen LogP contribution in [0.2, 0.25) is 0 Å². The second-order valence-corrected chi connectivity index (χ2v) is 5.92. The Kier molecular flexibility index (Phi) is 5.04. The number of carboxylic acids is 1. The molecule has 2 rings (SSSR count). The molecular formula is C15H24N2O3. The number of urea groups is 1. The first-order valence-electron chi connectivity index (χ1n) is 7.52. The van der Waals surface area contributed by atoms with Gasteiger partial charge in [-0.05, 0) is 32.1 Å². The lowest BCUT2D eigenvalue weighted by atomic mass is 9.84. The van der Waals surface area contributed by atoms with Gasteiger partial charge >= 0.3 is 12.0 Å². The normalized spacial score (nSPS) is 22.1. The summed E-state index contributed by atoms with van der Waals surface area (Å²) < 4.78 is 0. The van der Waals surface area contributed by atoms with Crippen LogP contribution in [-0.4, -0.2) is 41.1 Å². The van der Waals surface area contributed by atoms with Gasteiger partial charge in [0.2, 0.25) is 0 Å². The molecule has 1 aliphatic carbocycles. The van der Waals surface area contributed by atoms with Crippen LogP contribution in [-0.2, 0) is 4.79 Å². The second kappa shape index (κ2) is 6.77. The maximum absolute atomic E-state index is 12.2. The number of nitrogens with one attached hydrogen (secondary N) is 1. The standard InChI is InChI=1S/C15H24N2O3/c1-11-6-5-9-17(10-11)15(20)16-13(14(18)19)12-7-3-2-4-8-12/h6,12-13H,2-5,7-10H2,1H3,(H,16,20)(H,18,19). The van der Waals surface area contributed by atoms with Crippen LogP contribution in [0.1, 0.15) is 45.4 Å². The number of carbonyl (C=O) groups excluding carboxylic acids is 1. The highest BCUT2D eigenvalue weighted by Crippen LogP contribution is 2.26. The fraction of sp³-hybridized carbons (Fsp3) is 0.733. The van der Waals surface area contributed by atoms with Crippen molar-refractivity contribution in [3.05, 3.63) is 11.6 Å². The topological polar surface area (TPSA) is 69.6 Å². The minimum Gasteiger partial charge on any atom is -0.480 e. The Morgan fingerprint density at radius 3 is 2.65 bits per heavy atom. The Labute approximate surface area is 120 Å². The van der Waals surface area contributed by atoms with Gasteiger partial charge in [-0.15, -0.1) is 0 Å². The third-order valence-corrected chi connectivity index (χ3v) is 4.29. The summed E-state index contributed by atoms with van der Waals surface area (Å²) in [6.07, 6.45) is 8.07. The third-order valence-electron chi connectivity index (χ3n) is 4.29. The van der Waals surface area contributed by atoms with Crippen LogP contribution in [0.25, 0.3) is 0 Å². The molecule has 2 aliphatic rings. The summed E-state index contributed by atoms with van der Waals surface area (Å²) in [4.78, 5) is 25.4. The number of rotatable bonds is 3. The molecule has 0 aromatic rings. The molecule has 1 fully saturated rings. The molecular weight excluding hydrogens is 256 g/mol. The summed E-state index contributed by atoms with van der Waals surface area (Å²) in [5, 5.41) is 12.1. The predicted octanol–water partition coefficient (Wildman–Crippen LogP) is 2.38. The number of carbonyl (C=O) groups is 2. The number of aliphatic carboxylic acids is 1. The van der Waals surface area contributed by atoms with E-state index in [1.165, 1.54) is 6.42 Å². The summed E-state index contributed by atoms with van der Waals surface area (Å²) in [6, 6.07) is -0.982. The summed E-state index contributed by atoms with van der Waals surface area (Å²) in [6.45, 7) is 3.26. The maximum atomic E-state index is 12.2. The Balaban J connectivity index is 1.95. The first kappa shape index (κ1) is 14.9. The van der Waals surface area contributed by atoms with Gasteiger partial charge in [0.05, 0.1) is 0 Å². The van der Waals surface area contributed by atoms with Crippen LogP contribution in [0.15, 0.2) is 11.6 Å². The number of amides is 2. The van der Waals surface area contributed by atoms with Gasteiger partial charge in [-0.3, -0.25) is 0 Å². The van der Waals surface area contributed by atoms with E-state index in [2.05, 4.69) is 11.4 Å². The first-order valence-corrected chi connectivity index (χ1v) is 7.52. The van der Waals surface area contributed by atoms with Gasteiger partial charge in [0.1, 0.15) is 6.04 Å². The zero-order valence-corrected chi connectivity index (χ0v) is 12.1. The molecule has 0 bridgehead atoms. The number of nitrogens with zero attached hydrogens (tertiary/aromatic N) is 1. The Morgan fingerprint density at radius 1 is 1.35 bits per heavy atom. The molecule has 1 unspecified atom stereocenters. The van der Waals surface area contributed by atoms with Crippen LogP contribution in [0.5, 0.6) is 0 Å². The van der Waals surface area contributed by atoms with Gasteiger partial charge in [-0.25, -0.2) is 9.59 Å². The third kappa shape index (κ3) is 3.74. The molecule has 20 heavy (non-hydrogen) atoms. The van der Waals surface area contributed by atoms with Gasteiger partial charge in [-0.2, -0.15) is 0 Å². The molecule has 0 saturated heterocycles. The van der Waals surface area contributed by atoms with Crippen LogP contribution >= 0.6 is 0 Å². The average Bonchev–Trinajstić information content (AvgIpc) is 2.45. The highest BCUT2D eigenvalue weighted by molar-refractivity contribution is 5.83. The monoisotopic (exact) mass is 280 g/mol. The van der Waals surface area contributed by atoms with Gasteiger partial charge in [0.15, 0.2) is 0 Å². The largest absolute Gasteiger partial charge is 0.480 e. The average molecular weight is 280 g/mol. The van der Waals surface area contributed by atoms with Crippen molar-refractivity contribution in [1.82, 2.24) is 10.2 Å². The molecule has 1 atom stereocenters. The highest BCUT2D eigenvalue weighted by Gasteiger charge is 2.32. The zero-order chi connectivity index (χ0) is 14.5. The summed E-state index contributed by atoms with van der Waals surface area (Å²) >= 11 is 0. The Morgan fingerprint density at radius 2 is 2.05 bits per heavy atom. The molecule has 5 heteroatoms. The quantitative estimate of drug-likeness (QED) is 0.780. The number of carboxylic acid groups (broad SMARTS) is 1. The van der Waals surface area contributed by atoms with Gasteiger partial charge in [-0.1, -0.05) is 30.9 Å². The second-order valence-electron chi connectivity index (χ2n) is 5.92. The molecule has 0 spiro atoms. The SMILES string of the molecule is CC1=CCCN(C(=O)NC(C(=O)O)C2CCCCC2)C1. The highest BCUT2D eigenvalue weighted by atomic mass is 16.4. The van der Waals surface area contributed by atoms with Crippen molar-refractivity contribution < 1.29 is 14.7 Å². The van der Waals surface area contributed by atoms with E-state index in [0.717, 1.165) is 37.7 Å². The summed E-state index contributed by atoms with van der Waals surface area (Å²) in [5.41, 5.74) is 1.16. The van der Waals surface area contributed by atoms with Crippen molar-refractivity contribution in [2.45, 2.75) is 51.5 Å². The molecule has 2 amide bonds. The maximum Gasteiger partial charge on any atom is 0.326 e. The van der Waals surface area contributed by atoms with Gasteiger partial charge in [0.25, 0.3) is 0 Å². The number of hydrogen-bond donors (Lipinski definition) is 2. The lowest BCUT2D eigenvalue weighted by Crippen LogP contribution is -2.52.